The van der Waals surface area contributed by atoms with E-state index in [9.17, 15) is 22.8 Å². The molecule has 0 saturated heterocycles. The lowest BCUT2D eigenvalue weighted by molar-refractivity contribution is -0.137. The highest BCUT2D eigenvalue weighted by molar-refractivity contribution is 6.21. The van der Waals surface area contributed by atoms with Crippen molar-refractivity contribution in [3.8, 4) is 0 Å². The molecule has 2 amide bonds. The number of halogens is 3. The van der Waals surface area contributed by atoms with Gasteiger partial charge in [-0.3, -0.25) is 9.59 Å². The average molecular weight is 398 g/mol. The summed E-state index contributed by atoms with van der Waals surface area (Å²) in [5, 5.41) is 5.40. The van der Waals surface area contributed by atoms with E-state index in [0.29, 0.717) is 30.5 Å². The number of rotatable bonds is 9. The molecule has 0 aliphatic rings. The molecule has 0 aliphatic carbocycles. The van der Waals surface area contributed by atoms with Crippen LogP contribution in [0, 0.1) is 11.8 Å². The fourth-order valence-corrected chi connectivity index (χ4v) is 2.31. The van der Waals surface area contributed by atoms with Crippen LogP contribution in [0.1, 0.15) is 51.7 Å². The Labute approximate surface area is 164 Å². The van der Waals surface area contributed by atoms with Gasteiger partial charge in [0, 0.05) is 13.1 Å². The minimum Gasteiger partial charge on any atom is -0.352 e. The van der Waals surface area contributed by atoms with Crippen molar-refractivity contribution < 1.29 is 22.8 Å². The first-order chi connectivity index (χ1) is 13.0. The van der Waals surface area contributed by atoms with Gasteiger partial charge in [0.1, 0.15) is 5.57 Å². The monoisotopic (exact) mass is 398 g/mol. The lowest BCUT2D eigenvalue weighted by atomic mass is 10.1. The predicted molar refractivity (Wildman–Crippen MR) is 104 cm³/mol. The summed E-state index contributed by atoms with van der Waals surface area (Å²) in [5.41, 5.74) is -0.553. The summed E-state index contributed by atoms with van der Waals surface area (Å²) in [5.74, 6) is -0.296. The number of hydrogen-bond donors (Lipinski definition) is 2. The molecule has 0 spiro atoms. The van der Waals surface area contributed by atoms with Gasteiger partial charge in [0.05, 0.1) is 5.56 Å². The van der Waals surface area contributed by atoms with Gasteiger partial charge < -0.3 is 10.6 Å². The number of benzene rings is 1. The molecule has 7 heteroatoms. The topological polar surface area (TPSA) is 58.2 Å². The van der Waals surface area contributed by atoms with Gasteiger partial charge in [-0.1, -0.05) is 39.8 Å². The maximum Gasteiger partial charge on any atom is 0.416 e. The van der Waals surface area contributed by atoms with Crippen LogP contribution in [0.2, 0.25) is 0 Å². The third kappa shape index (κ3) is 8.59. The molecule has 0 fully saturated rings. The fourth-order valence-electron chi connectivity index (χ4n) is 2.31. The molecule has 4 nitrogen and oxygen atoms in total. The highest BCUT2D eigenvalue weighted by atomic mass is 19.4. The largest absolute Gasteiger partial charge is 0.416 e. The van der Waals surface area contributed by atoms with Crippen LogP contribution in [0.15, 0.2) is 29.8 Å². The minimum absolute atomic E-state index is 0.118. The fraction of sp³-hybridized carbons (Fsp3) is 0.524. The molecule has 0 aromatic heterocycles. The molecule has 0 aliphatic heterocycles. The maximum atomic E-state index is 12.7. The summed E-state index contributed by atoms with van der Waals surface area (Å²) >= 11 is 0. The first-order valence-corrected chi connectivity index (χ1v) is 9.46. The van der Waals surface area contributed by atoms with E-state index in [2.05, 4.69) is 10.6 Å². The lowest BCUT2D eigenvalue weighted by Gasteiger charge is -2.12. The van der Waals surface area contributed by atoms with Crippen molar-refractivity contribution in [3.63, 3.8) is 0 Å². The lowest BCUT2D eigenvalue weighted by Crippen LogP contribution is -2.36. The Bertz CT molecular complexity index is 650. The van der Waals surface area contributed by atoms with Gasteiger partial charge in [0.25, 0.3) is 11.8 Å². The Morgan fingerprint density at radius 3 is 1.68 bits per heavy atom. The van der Waals surface area contributed by atoms with Crippen LogP contribution in [-0.4, -0.2) is 24.9 Å². The van der Waals surface area contributed by atoms with Crippen molar-refractivity contribution in [2.24, 2.45) is 11.8 Å². The van der Waals surface area contributed by atoms with Crippen molar-refractivity contribution in [2.75, 3.05) is 13.1 Å². The van der Waals surface area contributed by atoms with Crippen LogP contribution in [-0.2, 0) is 15.8 Å². The van der Waals surface area contributed by atoms with E-state index < -0.39 is 23.6 Å². The molecule has 156 valence electrons. The summed E-state index contributed by atoms with van der Waals surface area (Å²) in [4.78, 5) is 24.9. The van der Waals surface area contributed by atoms with Gasteiger partial charge in [0.15, 0.2) is 0 Å². The first-order valence-electron chi connectivity index (χ1n) is 9.46. The van der Waals surface area contributed by atoms with Gasteiger partial charge in [-0.05, 0) is 48.4 Å². The Morgan fingerprint density at radius 2 is 1.32 bits per heavy atom. The summed E-state index contributed by atoms with van der Waals surface area (Å²) in [6, 6.07) is 4.34. The molecule has 0 heterocycles. The molecule has 0 radical (unpaired) electrons. The molecular formula is C21H29F3N2O2. The van der Waals surface area contributed by atoms with Crippen molar-refractivity contribution in [2.45, 2.75) is 46.7 Å². The molecule has 2 N–H and O–H groups in total. The Hall–Kier alpha value is -2.31. The van der Waals surface area contributed by atoms with E-state index in [1.54, 1.807) is 0 Å². The van der Waals surface area contributed by atoms with E-state index in [1.165, 1.54) is 18.2 Å². The minimum atomic E-state index is -4.44. The summed E-state index contributed by atoms with van der Waals surface area (Å²) in [6.07, 6.45) is -1.61. The number of alkyl halides is 3. The van der Waals surface area contributed by atoms with Crippen molar-refractivity contribution in [1.29, 1.82) is 0 Å². The quantitative estimate of drug-likeness (QED) is 0.368. The molecule has 0 saturated carbocycles. The highest BCUT2D eigenvalue weighted by Gasteiger charge is 2.30. The first kappa shape index (κ1) is 23.7. The molecule has 1 aromatic rings. The number of carbonyl (C=O) groups excluding carboxylic acids is 2. The zero-order valence-corrected chi connectivity index (χ0v) is 16.8. The van der Waals surface area contributed by atoms with E-state index >= 15 is 0 Å². The van der Waals surface area contributed by atoms with Crippen LogP contribution in [0.3, 0.4) is 0 Å². The molecule has 0 atom stereocenters. The van der Waals surface area contributed by atoms with Gasteiger partial charge in [-0.15, -0.1) is 0 Å². The Balaban J connectivity index is 2.99. The second-order valence-electron chi connectivity index (χ2n) is 7.55. The van der Waals surface area contributed by atoms with Crippen LogP contribution in [0.25, 0.3) is 6.08 Å². The average Bonchev–Trinajstić information content (AvgIpc) is 2.58. The van der Waals surface area contributed by atoms with E-state index in [4.69, 9.17) is 0 Å². The second kappa shape index (κ2) is 10.9. The molecule has 1 rings (SSSR count). The normalized spacial score (nSPS) is 11.5. The van der Waals surface area contributed by atoms with E-state index in [0.717, 1.165) is 25.0 Å². The van der Waals surface area contributed by atoms with E-state index in [1.807, 2.05) is 27.7 Å². The number of amides is 2. The van der Waals surface area contributed by atoms with Gasteiger partial charge >= 0.3 is 6.18 Å². The van der Waals surface area contributed by atoms with Crippen molar-refractivity contribution in [3.05, 3.63) is 41.0 Å². The molecular weight excluding hydrogens is 369 g/mol. The Kier molecular flexibility index (Phi) is 9.22. The van der Waals surface area contributed by atoms with Gasteiger partial charge in [-0.2, -0.15) is 13.2 Å². The van der Waals surface area contributed by atoms with Gasteiger partial charge in [-0.25, -0.2) is 0 Å². The number of nitrogens with one attached hydrogen (secondary N) is 2. The smallest absolute Gasteiger partial charge is 0.352 e. The third-order valence-electron chi connectivity index (χ3n) is 4.05. The Morgan fingerprint density at radius 1 is 0.893 bits per heavy atom. The molecule has 0 unspecified atom stereocenters. The van der Waals surface area contributed by atoms with Gasteiger partial charge in [0.2, 0.25) is 0 Å². The zero-order chi connectivity index (χ0) is 21.3. The van der Waals surface area contributed by atoms with Crippen LogP contribution < -0.4 is 10.6 Å². The SMILES string of the molecule is CC(C)CCNC(=O)C(=Cc1ccc(C(F)(F)F)cc1)C(=O)NCCC(C)C. The standard InChI is InChI=1S/C21H29F3N2O2/c1-14(2)9-11-25-19(27)18(20(28)26-12-10-15(3)4)13-16-5-7-17(8-6-16)21(22,23)24/h5-8,13-15H,9-12H2,1-4H3,(H,25,27)(H,26,28). The summed E-state index contributed by atoms with van der Waals surface area (Å²) < 4.78 is 38.1. The summed E-state index contributed by atoms with van der Waals surface area (Å²) in [6.45, 7) is 8.90. The number of carbonyl (C=O) groups is 2. The van der Waals surface area contributed by atoms with E-state index in [-0.39, 0.29) is 5.57 Å². The van der Waals surface area contributed by atoms with Crippen LogP contribution in [0.5, 0.6) is 0 Å². The second-order valence-corrected chi connectivity index (χ2v) is 7.55. The molecule has 28 heavy (non-hydrogen) atoms. The zero-order valence-electron chi connectivity index (χ0n) is 16.8. The highest BCUT2D eigenvalue weighted by Crippen LogP contribution is 2.29. The van der Waals surface area contributed by atoms with Crippen LogP contribution in [0.4, 0.5) is 13.2 Å². The summed E-state index contributed by atoms with van der Waals surface area (Å²) in [7, 11) is 0. The number of hydrogen-bond acceptors (Lipinski definition) is 2. The van der Waals surface area contributed by atoms with Crippen molar-refractivity contribution >= 4 is 17.9 Å². The molecule has 0 bridgehead atoms. The predicted octanol–water partition coefficient (Wildman–Crippen LogP) is 4.41. The maximum absolute atomic E-state index is 12.7. The van der Waals surface area contributed by atoms with Crippen LogP contribution >= 0.6 is 0 Å². The third-order valence-corrected chi connectivity index (χ3v) is 4.05. The van der Waals surface area contributed by atoms with Crippen molar-refractivity contribution in [1.82, 2.24) is 10.6 Å². The molecule has 1 aromatic carbocycles.